The molecule has 1 heterocycles. The van der Waals surface area contributed by atoms with E-state index in [-0.39, 0.29) is 0 Å². The number of benzene rings is 1. The second kappa shape index (κ2) is 6.04. The SMILES string of the molecule is N#Cc1ccc(OCCC2CCNC2)cc1Br. The van der Waals surface area contributed by atoms with Crippen LogP contribution >= 0.6 is 15.9 Å². The van der Waals surface area contributed by atoms with Crippen molar-refractivity contribution in [3.63, 3.8) is 0 Å². The zero-order valence-electron chi connectivity index (χ0n) is 9.58. The van der Waals surface area contributed by atoms with Gasteiger partial charge in [-0.2, -0.15) is 5.26 Å². The van der Waals surface area contributed by atoms with Gasteiger partial charge in [-0.15, -0.1) is 0 Å². The Bertz CT molecular complexity index is 422. The first kappa shape index (κ1) is 12.4. The van der Waals surface area contributed by atoms with Gasteiger partial charge in [0.25, 0.3) is 0 Å². The van der Waals surface area contributed by atoms with E-state index in [1.165, 1.54) is 6.42 Å². The summed E-state index contributed by atoms with van der Waals surface area (Å²) in [4.78, 5) is 0. The van der Waals surface area contributed by atoms with Gasteiger partial charge >= 0.3 is 0 Å². The van der Waals surface area contributed by atoms with Crippen molar-refractivity contribution in [3.05, 3.63) is 28.2 Å². The topological polar surface area (TPSA) is 45.0 Å². The molecule has 0 radical (unpaired) electrons. The van der Waals surface area contributed by atoms with Gasteiger partial charge < -0.3 is 10.1 Å². The van der Waals surface area contributed by atoms with Crippen molar-refractivity contribution in [1.82, 2.24) is 5.32 Å². The monoisotopic (exact) mass is 294 g/mol. The molecular weight excluding hydrogens is 280 g/mol. The van der Waals surface area contributed by atoms with Crippen LogP contribution in [0.15, 0.2) is 22.7 Å². The first-order chi connectivity index (χ1) is 8.29. The molecule has 1 saturated heterocycles. The average Bonchev–Trinajstić information content (AvgIpc) is 2.82. The number of hydrogen-bond donors (Lipinski definition) is 1. The summed E-state index contributed by atoms with van der Waals surface area (Å²) in [5.74, 6) is 1.57. The van der Waals surface area contributed by atoms with Crippen LogP contribution < -0.4 is 10.1 Å². The van der Waals surface area contributed by atoms with E-state index in [2.05, 4.69) is 27.3 Å². The summed E-state index contributed by atoms with van der Waals surface area (Å²) in [7, 11) is 0. The molecule has 1 aliphatic rings. The van der Waals surface area contributed by atoms with Crippen molar-refractivity contribution in [3.8, 4) is 11.8 Å². The number of rotatable bonds is 4. The van der Waals surface area contributed by atoms with Crippen LogP contribution in [0.4, 0.5) is 0 Å². The van der Waals surface area contributed by atoms with Gasteiger partial charge in [-0.05, 0) is 66.0 Å². The second-order valence-corrected chi connectivity index (χ2v) is 5.10. The molecule has 1 atom stereocenters. The molecule has 17 heavy (non-hydrogen) atoms. The molecule has 0 amide bonds. The molecule has 1 N–H and O–H groups in total. The molecule has 1 unspecified atom stereocenters. The first-order valence-corrected chi connectivity index (χ1v) is 6.62. The smallest absolute Gasteiger partial charge is 0.120 e. The minimum absolute atomic E-state index is 0.636. The van der Waals surface area contributed by atoms with Gasteiger partial charge in [0.2, 0.25) is 0 Å². The minimum Gasteiger partial charge on any atom is -0.494 e. The van der Waals surface area contributed by atoms with Crippen LogP contribution in [0, 0.1) is 17.2 Å². The summed E-state index contributed by atoms with van der Waals surface area (Å²) in [6, 6.07) is 7.58. The predicted molar refractivity (Wildman–Crippen MR) is 69.9 cm³/mol. The van der Waals surface area contributed by atoms with E-state index in [1.807, 2.05) is 12.1 Å². The summed E-state index contributed by atoms with van der Waals surface area (Å²) in [6.45, 7) is 2.98. The fourth-order valence-electron chi connectivity index (χ4n) is 1.98. The number of halogens is 1. The highest BCUT2D eigenvalue weighted by Crippen LogP contribution is 2.23. The molecule has 0 bridgehead atoms. The minimum atomic E-state index is 0.636. The standard InChI is InChI=1S/C13H15BrN2O/c14-13-7-12(2-1-11(13)8-15)17-6-4-10-3-5-16-9-10/h1-2,7,10,16H,3-6,9H2. The van der Waals surface area contributed by atoms with Gasteiger partial charge in [0.1, 0.15) is 11.8 Å². The highest BCUT2D eigenvalue weighted by molar-refractivity contribution is 9.10. The summed E-state index contributed by atoms with van der Waals surface area (Å²) in [6.07, 6.45) is 2.34. The molecule has 4 heteroatoms. The Kier molecular flexibility index (Phi) is 4.41. The normalized spacial score (nSPS) is 18.9. The van der Waals surface area contributed by atoms with Crippen LogP contribution in [0.25, 0.3) is 0 Å². The average molecular weight is 295 g/mol. The quantitative estimate of drug-likeness (QED) is 0.929. The largest absolute Gasteiger partial charge is 0.494 e. The molecule has 0 aliphatic carbocycles. The van der Waals surface area contributed by atoms with E-state index in [0.29, 0.717) is 5.56 Å². The molecule has 0 aromatic heterocycles. The molecule has 1 aromatic rings. The van der Waals surface area contributed by atoms with Crippen LogP contribution in [-0.4, -0.2) is 19.7 Å². The number of nitriles is 1. The van der Waals surface area contributed by atoms with Crippen LogP contribution in [0.2, 0.25) is 0 Å². The molecule has 0 spiro atoms. The lowest BCUT2D eigenvalue weighted by molar-refractivity contribution is 0.283. The Morgan fingerprint density at radius 1 is 1.53 bits per heavy atom. The zero-order valence-corrected chi connectivity index (χ0v) is 11.2. The van der Waals surface area contributed by atoms with Crippen molar-refractivity contribution in [1.29, 1.82) is 5.26 Å². The highest BCUT2D eigenvalue weighted by atomic mass is 79.9. The van der Waals surface area contributed by atoms with E-state index < -0.39 is 0 Å². The lowest BCUT2D eigenvalue weighted by Crippen LogP contribution is -2.11. The summed E-state index contributed by atoms with van der Waals surface area (Å²) < 4.78 is 6.47. The third-order valence-electron chi connectivity index (χ3n) is 3.02. The lowest BCUT2D eigenvalue weighted by atomic mass is 10.1. The van der Waals surface area contributed by atoms with Gasteiger partial charge in [-0.25, -0.2) is 0 Å². The van der Waals surface area contributed by atoms with Crippen LogP contribution in [0.5, 0.6) is 5.75 Å². The Hall–Kier alpha value is -1.05. The predicted octanol–water partition coefficient (Wildman–Crippen LogP) is 2.70. The van der Waals surface area contributed by atoms with Gasteiger partial charge in [-0.3, -0.25) is 0 Å². The molecule has 2 rings (SSSR count). The number of ether oxygens (including phenoxy) is 1. The van der Waals surface area contributed by atoms with E-state index in [9.17, 15) is 0 Å². The first-order valence-electron chi connectivity index (χ1n) is 5.83. The maximum absolute atomic E-state index is 8.80. The lowest BCUT2D eigenvalue weighted by Gasteiger charge is -2.10. The van der Waals surface area contributed by atoms with Crippen LogP contribution in [0.3, 0.4) is 0 Å². The molecule has 90 valence electrons. The van der Waals surface area contributed by atoms with Gasteiger partial charge in [0.05, 0.1) is 12.2 Å². The Balaban J connectivity index is 1.82. The fraction of sp³-hybridized carbons (Fsp3) is 0.462. The number of nitrogens with one attached hydrogen (secondary N) is 1. The summed E-state index contributed by atoms with van der Waals surface area (Å²) >= 11 is 3.35. The van der Waals surface area contributed by atoms with Crippen molar-refractivity contribution < 1.29 is 4.74 Å². The van der Waals surface area contributed by atoms with E-state index in [4.69, 9.17) is 10.00 Å². The van der Waals surface area contributed by atoms with Gasteiger partial charge in [0, 0.05) is 4.47 Å². The summed E-state index contributed by atoms with van der Waals surface area (Å²) in [5, 5.41) is 12.1. The van der Waals surface area contributed by atoms with E-state index >= 15 is 0 Å². The van der Waals surface area contributed by atoms with Crippen LogP contribution in [-0.2, 0) is 0 Å². The third-order valence-corrected chi connectivity index (χ3v) is 3.67. The maximum atomic E-state index is 8.80. The van der Waals surface area contributed by atoms with Crippen LogP contribution in [0.1, 0.15) is 18.4 Å². The third kappa shape index (κ3) is 3.45. The molecule has 1 aromatic carbocycles. The second-order valence-electron chi connectivity index (χ2n) is 4.25. The van der Waals surface area contributed by atoms with E-state index in [1.54, 1.807) is 6.07 Å². The number of hydrogen-bond acceptors (Lipinski definition) is 3. The molecular formula is C13H15BrN2O. The van der Waals surface area contributed by atoms with Crippen molar-refractivity contribution in [2.24, 2.45) is 5.92 Å². The van der Waals surface area contributed by atoms with Crippen molar-refractivity contribution >= 4 is 15.9 Å². The Morgan fingerprint density at radius 2 is 2.41 bits per heavy atom. The molecule has 3 nitrogen and oxygen atoms in total. The van der Waals surface area contributed by atoms with Gasteiger partial charge in [-0.1, -0.05) is 0 Å². The van der Waals surface area contributed by atoms with Crippen molar-refractivity contribution in [2.45, 2.75) is 12.8 Å². The molecule has 1 aliphatic heterocycles. The van der Waals surface area contributed by atoms with E-state index in [0.717, 1.165) is 42.3 Å². The van der Waals surface area contributed by atoms with Gasteiger partial charge in [0.15, 0.2) is 0 Å². The highest BCUT2D eigenvalue weighted by Gasteiger charge is 2.13. The Labute approximate surface area is 110 Å². The maximum Gasteiger partial charge on any atom is 0.120 e. The molecule has 1 fully saturated rings. The fourth-order valence-corrected chi connectivity index (χ4v) is 2.43. The summed E-state index contributed by atoms with van der Waals surface area (Å²) in [5.41, 5.74) is 0.636. The number of nitrogens with zero attached hydrogens (tertiary/aromatic N) is 1. The van der Waals surface area contributed by atoms with Crippen molar-refractivity contribution in [2.75, 3.05) is 19.7 Å². The Morgan fingerprint density at radius 3 is 3.06 bits per heavy atom. The zero-order chi connectivity index (χ0) is 12.1. The molecule has 0 saturated carbocycles.